The van der Waals surface area contributed by atoms with E-state index >= 15 is 0 Å². The Morgan fingerprint density at radius 1 is 1.10 bits per heavy atom. The Hall–Kier alpha value is -4.63. The first kappa shape index (κ1) is 27.9. The van der Waals surface area contributed by atoms with Crippen LogP contribution in [0.1, 0.15) is 46.7 Å². The van der Waals surface area contributed by atoms with Crippen LogP contribution in [0.2, 0.25) is 0 Å². The molecule has 0 bridgehead atoms. The van der Waals surface area contributed by atoms with Crippen molar-refractivity contribution in [2.45, 2.75) is 27.7 Å². The summed E-state index contributed by atoms with van der Waals surface area (Å²) in [6.07, 6.45) is 5.60. The van der Waals surface area contributed by atoms with E-state index in [1.54, 1.807) is 7.11 Å². The van der Waals surface area contributed by atoms with Crippen molar-refractivity contribution in [2.24, 2.45) is 0 Å². The third-order valence-electron chi connectivity index (χ3n) is 7.66. The molecule has 2 amide bonds. The van der Waals surface area contributed by atoms with Crippen LogP contribution in [0.15, 0.2) is 54.9 Å². The van der Waals surface area contributed by atoms with E-state index in [-0.39, 0.29) is 11.8 Å². The second-order valence-corrected chi connectivity index (χ2v) is 10.1. The molecule has 0 fully saturated rings. The number of nitrogens with one attached hydrogen (secondary N) is 3. The molecule has 1 aliphatic heterocycles. The number of methoxy groups -OCH3 is 1. The van der Waals surface area contributed by atoms with E-state index in [9.17, 15) is 9.59 Å². The minimum atomic E-state index is -0.178. The predicted octanol–water partition coefficient (Wildman–Crippen LogP) is 5.06. The summed E-state index contributed by atoms with van der Waals surface area (Å²) < 4.78 is 7.06. The van der Waals surface area contributed by atoms with Gasteiger partial charge in [0.15, 0.2) is 0 Å². The lowest BCUT2D eigenvalue weighted by molar-refractivity contribution is -0.110. The molecule has 0 atom stereocenters. The number of rotatable bonds is 10. The lowest BCUT2D eigenvalue weighted by Gasteiger charge is -2.18. The number of anilines is 1. The molecule has 3 N–H and O–H groups in total. The molecule has 0 unspecified atom stereocenters. The van der Waals surface area contributed by atoms with Crippen LogP contribution in [0.4, 0.5) is 5.69 Å². The Labute approximate surface area is 240 Å². The highest BCUT2D eigenvalue weighted by atomic mass is 16.5. The fraction of sp³-hybridized carbons (Fsp3) is 0.281. The number of ether oxygens (including phenoxy) is 1. The second-order valence-electron chi connectivity index (χ2n) is 10.1. The van der Waals surface area contributed by atoms with Crippen LogP contribution in [0.5, 0.6) is 5.75 Å². The molecule has 4 aromatic rings. The summed E-state index contributed by atoms with van der Waals surface area (Å²) in [6.45, 7) is 11.3. The Kier molecular flexibility index (Phi) is 8.07. The number of nitrogens with zero attached hydrogens (tertiary/aromatic N) is 3. The monoisotopic (exact) mass is 552 g/mol. The fourth-order valence-electron chi connectivity index (χ4n) is 5.22. The Balaban J connectivity index is 1.40. The van der Waals surface area contributed by atoms with Crippen molar-refractivity contribution in [2.75, 3.05) is 38.6 Å². The van der Waals surface area contributed by atoms with Crippen molar-refractivity contribution in [3.05, 3.63) is 82.9 Å². The van der Waals surface area contributed by atoms with E-state index < -0.39 is 0 Å². The molecule has 5 rings (SSSR count). The van der Waals surface area contributed by atoms with Gasteiger partial charge in [-0.3, -0.25) is 9.59 Å². The van der Waals surface area contributed by atoms with Crippen LogP contribution in [-0.2, 0) is 4.79 Å². The number of H-pyrrole nitrogens is 1. The lowest BCUT2D eigenvalue weighted by Crippen LogP contribution is -2.35. The highest BCUT2D eigenvalue weighted by Crippen LogP contribution is 2.37. The minimum Gasteiger partial charge on any atom is -0.497 e. The molecule has 0 radical (unpaired) electrons. The van der Waals surface area contributed by atoms with Crippen LogP contribution >= 0.6 is 0 Å². The van der Waals surface area contributed by atoms with Crippen molar-refractivity contribution in [3.63, 3.8) is 0 Å². The van der Waals surface area contributed by atoms with E-state index in [1.807, 2.05) is 79.5 Å². The van der Waals surface area contributed by atoms with Crippen molar-refractivity contribution in [1.82, 2.24) is 25.0 Å². The molecule has 0 spiro atoms. The number of hydrogen-bond acceptors (Lipinski definition) is 5. The summed E-state index contributed by atoms with van der Waals surface area (Å²) in [5.74, 6) is 0.496. The van der Waals surface area contributed by atoms with Gasteiger partial charge in [-0.25, -0.2) is 4.68 Å². The van der Waals surface area contributed by atoms with E-state index in [0.29, 0.717) is 17.7 Å². The molecule has 3 heterocycles. The van der Waals surface area contributed by atoms with Gasteiger partial charge in [-0.15, -0.1) is 0 Å². The van der Waals surface area contributed by atoms with Crippen molar-refractivity contribution < 1.29 is 14.3 Å². The van der Waals surface area contributed by atoms with Crippen LogP contribution in [0, 0.1) is 13.8 Å². The molecule has 0 aliphatic carbocycles. The van der Waals surface area contributed by atoms with Crippen molar-refractivity contribution >= 4 is 29.2 Å². The Morgan fingerprint density at radius 3 is 2.56 bits per heavy atom. The molecular formula is C32H36N6O3. The predicted molar refractivity (Wildman–Crippen MR) is 162 cm³/mol. The Bertz CT molecular complexity index is 1610. The lowest BCUT2D eigenvalue weighted by atomic mass is 10.00. The number of aryl methyl sites for hydroxylation is 1. The number of likely N-dealkylation sites (N-methyl/N-ethyl adjacent to an activating group) is 1. The number of amides is 2. The third kappa shape index (κ3) is 5.67. The first-order valence-electron chi connectivity index (χ1n) is 13.9. The van der Waals surface area contributed by atoms with Crippen molar-refractivity contribution in [3.8, 4) is 22.6 Å². The Morgan fingerprint density at radius 2 is 1.85 bits per heavy atom. The van der Waals surface area contributed by atoms with E-state index in [4.69, 9.17) is 4.74 Å². The zero-order valence-electron chi connectivity index (χ0n) is 24.2. The largest absolute Gasteiger partial charge is 0.497 e. The van der Waals surface area contributed by atoms with E-state index in [1.165, 1.54) is 0 Å². The molecule has 41 heavy (non-hydrogen) atoms. The van der Waals surface area contributed by atoms with Gasteiger partial charge in [0, 0.05) is 47.5 Å². The van der Waals surface area contributed by atoms with Crippen LogP contribution < -0.4 is 15.4 Å². The maximum absolute atomic E-state index is 13.0. The highest BCUT2D eigenvalue weighted by Gasteiger charge is 2.26. The summed E-state index contributed by atoms with van der Waals surface area (Å²) in [4.78, 5) is 31.6. The van der Waals surface area contributed by atoms with Gasteiger partial charge in [-0.05, 0) is 80.5 Å². The summed E-state index contributed by atoms with van der Waals surface area (Å²) in [5.41, 5.74) is 7.84. The van der Waals surface area contributed by atoms with Gasteiger partial charge in [0.25, 0.3) is 11.8 Å². The average molecular weight is 553 g/mol. The molecule has 212 valence electrons. The topological polar surface area (TPSA) is 104 Å². The number of fused-ring (bicyclic) bond motifs is 1. The number of hydrogen-bond donors (Lipinski definition) is 3. The van der Waals surface area contributed by atoms with Crippen LogP contribution in [-0.4, -0.2) is 64.8 Å². The molecule has 1 aliphatic rings. The number of carbonyl (C=O) groups excluding carboxylic acids is 2. The maximum atomic E-state index is 13.0. The van der Waals surface area contributed by atoms with Crippen LogP contribution in [0.3, 0.4) is 0 Å². The van der Waals surface area contributed by atoms with E-state index in [2.05, 4.69) is 39.5 Å². The molecule has 2 aromatic carbocycles. The van der Waals surface area contributed by atoms with Crippen molar-refractivity contribution in [1.29, 1.82) is 0 Å². The summed E-state index contributed by atoms with van der Waals surface area (Å²) in [6, 6.07) is 13.6. The quantitative estimate of drug-likeness (QED) is 0.239. The average Bonchev–Trinajstić information content (AvgIpc) is 3.67. The third-order valence-corrected chi connectivity index (χ3v) is 7.66. The number of carbonyl (C=O) groups is 2. The van der Waals surface area contributed by atoms with Gasteiger partial charge in [-0.2, -0.15) is 5.10 Å². The zero-order valence-corrected chi connectivity index (χ0v) is 24.2. The summed E-state index contributed by atoms with van der Waals surface area (Å²) >= 11 is 0. The molecule has 9 nitrogen and oxygen atoms in total. The maximum Gasteiger partial charge on any atom is 0.256 e. The fourth-order valence-corrected chi connectivity index (χ4v) is 5.22. The van der Waals surface area contributed by atoms with Gasteiger partial charge in [0.05, 0.1) is 30.1 Å². The van der Waals surface area contributed by atoms with E-state index in [0.717, 1.165) is 70.4 Å². The van der Waals surface area contributed by atoms with Crippen LogP contribution in [0.25, 0.3) is 28.5 Å². The molecule has 0 saturated heterocycles. The number of aromatic nitrogens is 3. The molecule has 2 aromatic heterocycles. The smallest absolute Gasteiger partial charge is 0.256 e. The van der Waals surface area contributed by atoms with Gasteiger partial charge >= 0.3 is 0 Å². The zero-order chi connectivity index (χ0) is 29.1. The first-order chi connectivity index (χ1) is 19.8. The SMILES string of the molecule is CCN(CC)CCNC(=O)c1c(C)[nH]c(C=C2C(=O)Nc3ccc(-c4cnn(-c5ccc(OC)cc5)c4)cc32)c1C. The number of aromatic amines is 1. The first-order valence-corrected chi connectivity index (χ1v) is 13.9. The van der Waals surface area contributed by atoms with Gasteiger partial charge in [0.2, 0.25) is 0 Å². The highest BCUT2D eigenvalue weighted by molar-refractivity contribution is 6.35. The van der Waals surface area contributed by atoms with Gasteiger partial charge in [0.1, 0.15) is 5.75 Å². The van der Waals surface area contributed by atoms with Gasteiger partial charge < -0.3 is 25.3 Å². The van der Waals surface area contributed by atoms with Gasteiger partial charge in [-0.1, -0.05) is 19.9 Å². The molecule has 0 saturated carbocycles. The second kappa shape index (κ2) is 11.9. The molecule has 9 heteroatoms. The standard InChI is InChI=1S/C32H36N6O3/c1-6-37(7-2)15-14-33-32(40)30-20(3)29(35-21(30)4)17-27-26-16-22(8-13-28(26)36-31(27)39)23-18-34-38(19-23)24-9-11-25(41-5)12-10-24/h8-13,16-19,35H,6-7,14-15H2,1-5H3,(H,33,40)(H,36,39). The molecular weight excluding hydrogens is 516 g/mol. The minimum absolute atomic E-state index is 0.111. The normalized spacial score (nSPS) is 13.5. The summed E-state index contributed by atoms with van der Waals surface area (Å²) in [5, 5.41) is 10.5. The number of benzene rings is 2. The summed E-state index contributed by atoms with van der Waals surface area (Å²) in [7, 11) is 1.64.